The van der Waals surface area contributed by atoms with Gasteiger partial charge in [0.1, 0.15) is 11.9 Å². The molecule has 0 radical (unpaired) electrons. The van der Waals surface area contributed by atoms with Gasteiger partial charge in [0.25, 0.3) is 0 Å². The molecule has 0 unspecified atom stereocenters. The summed E-state index contributed by atoms with van der Waals surface area (Å²) in [5, 5.41) is 20.3. The van der Waals surface area contributed by atoms with Crippen molar-refractivity contribution in [2.75, 3.05) is 10.6 Å². The van der Waals surface area contributed by atoms with Gasteiger partial charge >= 0.3 is 0 Å². The second kappa shape index (κ2) is 6.31. The third-order valence-corrected chi connectivity index (χ3v) is 3.32. The summed E-state index contributed by atoms with van der Waals surface area (Å²) in [5.41, 5.74) is 2.45. The van der Waals surface area contributed by atoms with E-state index in [0.29, 0.717) is 33.5 Å². The summed E-state index contributed by atoms with van der Waals surface area (Å²) < 4.78 is 13.4. The maximum absolute atomic E-state index is 13.4. The van der Waals surface area contributed by atoms with E-state index in [1.807, 2.05) is 0 Å². The van der Waals surface area contributed by atoms with Crippen LogP contribution in [0.5, 0.6) is 0 Å². The van der Waals surface area contributed by atoms with Gasteiger partial charge in [-0.2, -0.15) is 5.26 Å². The molecule has 20 heavy (non-hydrogen) atoms. The molecule has 0 aromatic heterocycles. The lowest BCUT2D eigenvalue weighted by atomic mass is 10.1. The third-order valence-electron chi connectivity index (χ3n) is 2.76. The van der Waals surface area contributed by atoms with E-state index >= 15 is 0 Å². The fourth-order valence-corrected chi connectivity index (χ4v) is 2.09. The highest BCUT2D eigenvalue weighted by Crippen LogP contribution is 2.25. The van der Waals surface area contributed by atoms with Gasteiger partial charge in [-0.3, -0.25) is 0 Å². The van der Waals surface area contributed by atoms with Crippen LogP contribution in [0.3, 0.4) is 0 Å². The third kappa shape index (κ3) is 3.03. The molecule has 5 heteroatoms. The van der Waals surface area contributed by atoms with Gasteiger partial charge in [0, 0.05) is 10.9 Å². The van der Waals surface area contributed by atoms with E-state index < -0.39 is 5.82 Å². The van der Waals surface area contributed by atoms with Crippen molar-refractivity contribution in [1.29, 1.82) is 10.7 Å². The molecule has 0 spiro atoms. The second-order valence-corrected chi connectivity index (χ2v) is 4.65. The number of anilines is 2. The summed E-state index contributed by atoms with van der Waals surface area (Å²) >= 11 is 3.22. The Labute approximate surface area is 124 Å². The normalized spacial score (nSPS) is 9.85. The van der Waals surface area contributed by atoms with Gasteiger partial charge < -0.3 is 10.7 Å². The minimum Gasteiger partial charge on any atom is -0.354 e. The smallest absolute Gasteiger partial charge is 0.125 e. The number of hydrogen-bond acceptors (Lipinski definition) is 3. The largest absolute Gasteiger partial charge is 0.354 e. The Morgan fingerprint density at radius 1 is 1.25 bits per heavy atom. The molecular weight excluding hydrogens is 321 g/mol. The van der Waals surface area contributed by atoms with Crippen LogP contribution < -0.4 is 5.32 Å². The second-order valence-electron chi connectivity index (χ2n) is 4.08. The van der Waals surface area contributed by atoms with Crippen LogP contribution in [0.15, 0.2) is 42.5 Å². The summed E-state index contributed by atoms with van der Waals surface area (Å²) in [4.78, 5) is 0. The highest BCUT2D eigenvalue weighted by molar-refractivity contribution is 9.09. The predicted octanol–water partition coefficient (Wildman–Crippen LogP) is 4.20. The molecule has 0 aliphatic carbocycles. The first kappa shape index (κ1) is 14.2. The number of halogens is 2. The number of para-hydroxylation sites is 1. The van der Waals surface area contributed by atoms with Crippen molar-refractivity contribution in [2.45, 2.75) is 0 Å². The van der Waals surface area contributed by atoms with Crippen molar-refractivity contribution in [2.24, 2.45) is 0 Å². The van der Waals surface area contributed by atoms with Crippen LogP contribution in [0.25, 0.3) is 0 Å². The van der Waals surface area contributed by atoms with Crippen LogP contribution >= 0.6 is 15.9 Å². The molecule has 100 valence electrons. The Balaban J connectivity index is 2.45. The number of benzene rings is 2. The highest BCUT2D eigenvalue weighted by atomic mass is 79.9. The molecular formula is C15H11BrFN3. The zero-order valence-corrected chi connectivity index (χ0v) is 12.0. The van der Waals surface area contributed by atoms with E-state index in [1.165, 1.54) is 12.1 Å². The lowest BCUT2D eigenvalue weighted by molar-refractivity contribution is 0.628. The van der Waals surface area contributed by atoms with Crippen molar-refractivity contribution in [1.82, 2.24) is 0 Å². The SMILES string of the molecule is N#Cc1ccccc1Nc1cc(F)ccc1C(=N)CBr. The van der Waals surface area contributed by atoms with E-state index in [-0.39, 0.29) is 0 Å². The molecule has 2 aromatic carbocycles. The minimum absolute atomic E-state index is 0.335. The number of nitrogens with one attached hydrogen (secondary N) is 2. The van der Waals surface area contributed by atoms with Crippen LogP contribution in [-0.4, -0.2) is 11.0 Å². The highest BCUT2D eigenvalue weighted by Gasteiger charge is 2.10. The van der Waals surface area contributed by atoms with Crippen molar-refractivity contribution in [3.63, 3.8) is 0 Å². The zero-order valence-electron chi connectivity index (χ0n) is 10.5. The Morgan fingerprint density at radius 3 is 2.70 bits per heavy atom. The van der Waals surface area contributed by atoms with Crippen molar-refractivity contribution in [3.8, 4) is 6.07 Å². The van der Waals surface area contributed by atoms with Gasteiger partial charge in [0.15, 0.2) is 0 Å². The number of nitriles is 1. The number of rotatable bonds is 4. The van der Waals surface area contributed by atoms with E-state index in [9.17, 15) is 4.39 Å². The van der Waals surface area contributed by atoms with Gasteiger partial charge in [0.2, 0.25) is 0 Å². The van der Waals surface area contributed by atoms with Crippen molar-refractivity contribution >= 4 is 33.0 Å². The van der Waals surface area contributed by atoms with Gasteiger partial charge in [-0.25, -0.2) is 4.39 Å². The fourth-order valence-electron chi connectivity index (χ4n) is 1.79. The summed E-state index contributed by atoms with van der Waals surface area (Å²) in [6.07, 6.45) is 0. The first-order chi connectivity index (χ1) is 9.65. The van der Waals surface area contributed by atoms with Gasteiger partial charge in [0.05, 0.1) is 22.6 Å². The van der Waals surface area contributed by atoms with Crippen LogP contribution in [-0.2, 0) is 0 Å². The minimum atomic E-state index is -0.395. The van der Waals surface area contributed by atoms with E-state index in [4.69, 9.17) is 10.7 Å². The van der Waals surface area contributed by atoms with E-state index in [1.54, 1.807) is 30.3 Å². The predicted molar refractivity (Wildman–Crippen MR) is 81.5 cm³/mol. The molecule has 2 rings (SSSR count). The average Bonchev–Trinajstić information content (AvgIpc) is 2.47. The molecule has 0 aliphatic rings. The Hall–Kier alpha value is -2.19. The molecule has 2 N–H and O–H groups in total. The molecule has 0 amide bonds. The first-order valence-electron chi connectivity index (χ1n) is 5.85. The Bertz CT molecular complexity index is 692. The Kier molecular flexibility index (Phi) is 4.49. The quantitative estimate of drug-likeness (QED) is 0.651. The van der Waals surface area contributed by atoms with Gasteiger partial charge in [-0.1, -0.05) is 28.1 Å². The average molecular weight is 332 g/mol. The molecule has 3 nitrogen and oxygen atoms in total. The number of alkyl halides is 1. The molecule has 0 heterocycles. The maximum Gasteiger partial charge on any atom is 0.125 e. The molecule has 2 aromatic rings. The Morgan fingerprint density at radius 2 is 2.00 bits per heavy atom. The van der Waals surface area contributed by atoms with Crippen LogP contribution in [0.1, 0.15) is 11.1 Å². The number of hydrogen-bond donors (Lipinski definition) is 2. The van der Waals surface area contributed by atoms with Gasteiger partial charge in [-0.15, -0.1) is 0 Å². The fraction of sp³-hybridized carbons (Fsp3) is 0.0667. The standard InChI is InChI=1S/C15H11BrFN3/c16-8-13(19)12-6-5-11(17)7-15(12)20-14-4-2-1-3-10(14)9-18/h1-7,19-20H,8H2. The topological polar surface area (TPSA) is 59.7 Å². The van der Waals surface area contributed by atoms with Crippen molar-refractivity contribution < 1.29 is 4.39 Å². The zero-order chi connectivity index (χ0) is 14.5. The lowest BCUT2D eigenvalue weighted by Crippen LogP contribution is -2.06. The molecule has 0 aliphatic heterocycles. The van der Waals surface area contributed by atoms with Crippen molar-refractivity contribution in [3.05, 3.63) is 59.4 Å². The van der Waals surface area contributed by atoms with Crippen LogP contribution in [0.4, 0.5) is 15.8 Å². The number of nitrogens with zero attached hydrogens (tertiary/aromatic N) is 1. The molecule has 0 saturated carbocycles. The van der Waals surface area contributed by atoms with Crippen LogP contribution in [0.2, 0.25) is 0 Å². The summed E-state index contributed by atoms with van der Waals surface area (Å²) in [7, 11) is 0. The van der Waals surface area contributed by atoms with Gasteiger partial charge in [-0.05, 0) is 30.3 Å². The monoisotopic (exact) mass is 331 g/mol. The summed E-state index contributed by atoms with van der Waals surface area (Å²) in [6, 6.07) is 13.2. The molecule has 0 bridgehead atoms. The van der Waals surface area contributed by atoms with E-state index in [0.717, 1.165) is 0 Å². The maximum atomic E-state index is 13.4. The molecule has 0 saturated heterocycles. The summed E-state index contributed by atoms with van der Waals surface area (Å²) in [5.74, 6) is -0.395. The van der Waals surface area contributed by atoms with E-state index in [2.05, 4.69) is 27.3 Å². The summed E-state index contributed by atoms with van der Waals surface area (Å²) in [6.45, 7) is 0. The van der Waals surface area contributed by atoms with Crippen LogP contribution in [0, 0.1) is 22.6 Å². The molecule has 0 fully saturated rings. The first-order valence-corrected chi connectivity index (χ1v) is 6.97. The lowest BCUT2D eigenvalue weighted by Gasteiger charge is -2.13. The molecule has 0 atom stereocenters.